The first-order valence-electron chi connectivity index (χ1n) is 15.2. The Morgan fingerprint density at radius 3 is 2.17 bits per heavy atom. The van der Waals surface area contributed by atoms with E-state index in [0.29, 0.717) is 19.4 Å². The van der Waals surface area contributed by atoms with Crippen molar-refractivity contribution in [2.45, 2.75) is 142 Å². The molecule has 0 radical (unpaired) electrons. The molecule has 244 valence electrons. The fourth-order valence-electron chi connectivity index (χ4n) is 5.89. The molecule has 41 heavy (non-hydrogen) atoms. The SMILES string of the molecule is CC[C@H](O)OC(=O)[C@H](C)[C@@H](O[C@H]1CC(N(C)C)[C@H](O)C(C)O1)[C@H](C)[C@@H](O)[C@](C)(O)C[C@@H](C)CN(C)[C@H](C)[C@@H](O)CC. The first-order valence-corrected chi connectivity index (χ1v) is 15.2. The minimum absolute atomic E-state index is 0.0188. The van der Waals surface area contributed by atoms with Gasteiger partial charge >= 0.3 is 5.97 Å². The van der Waals surface area contributed by atoms with Crippen LogP contribution in [0, 0.1) is 17.8 Å². The molecule has 2 unspecified atom stereocenters. The normalized spacial score (nSPS) is 29.2. The van der Waals surface area contributed by atoms with Gasteiger partial charge in [0, 0.05) is 37.4 Å². The summed E-state index contributed by atoms with van der Waals surface area (Å²) in [6.45, 7) is 14.8. The zero-order chi connectivity index (χ0) is 31.8. The van der Waals surface area contributed by atoms with Gasteiger partial charge in [-0.25, -0.2) is 0 Å². The lowest BCUT2D eigenvalue weighted by molar-refractivity contribution is -0.269. The number of carbonyl (C=O) groups excluding carboxylic acids is 1. The summed E-state index contributed by atoms with van der Waals surface area (Å²) in [7, 11) is 5.65. The van der Waals surface area contributed by atoms with Crippen LogP contribution in [0.25, 0.3) is 0 Å². The van der Waals surface area contributed by atoms with Gasteiger partial charge in [-0.05, 0) is 67.6 Å². The van der Waals surface area contributed by atoms with Gasteiger partial charge in [-0.2, -0.15) is 0 Å². The summed E-state index contributed by atoms with van der Waals surface area (Å²) in [5.74, 6) is -2.34. The highest BCUT2D eigenvalue weighted by atomic mass is 16.7. The Morgan fingerprint density at radius 2 is 1.66 bits per heavy atom. The molecule has 1 rings (SSSR count). The predicted molar refractivity (Wildman–Crippen MR) is 157 cm³/mol. The van der Waals surface area contributed by atoms with Crippen molar-refractivity contribution >= 4 is 5.97 Å². The van der Waals surface area contributed by atoms with Crippen LogP contribution in [0.1, 0.15) is 81.1 Å². The standard InChI is InChI=1S/C30H60N2O9/c1-12-23(33)20(6)32(11)16-17(3)15-30(8,38)28(36)18(4)27(19(5)29(37)40-24(34)13-2)41-25-14-22(31(9)10)26(35)21(7)39-25/h17-28,33-36,38H,12-16H2,1-11H3/t17-,18+,19-,20-,21?,22?,23+,24-,25+,26-,27+,28-,30-/m1/s1. The summed E-state index contributed by atoms with van der Waals surface area (Å²) in [6, 6.07) is -0.301. The van der Waals surface area contributed by atoms with E-state index in [-0.39, 0.29) is 30.8 Å². The topological polar surface area (TPSA) is 152 Å². The monoisotopic (exact) mass is 592 g/mol. The van der Waals surface area contributed by atoms with E-state index in [2.05, 4.69) is 0 Å². The summed E-state index contributed by atoms with van der Waals surface area (Å²) in [5, 5.41) is 53.7. The number of rotatable bonds is 17. The summed E-state index contributed by atoms with van der Waals surface area (Å²) < 4.78 is 17.5. The van der Waals surface area contributed by atoms with E-state index in [1.165, 1.54) is 0 Å². The Kier molecular flexibility index (Phi) is 15.6. The molecule has 0 aromatic heterocycles. The summed E-state index contributed by atoms with van der Waals surface area (Å²) in [6.07, 6.45) is -4.50. The summed E-state index contributed by atoms with van der Waals surface area (Å²) >= 11 is 0. The number of nitrogens with zero attached hydrogens (tertiary/aromatic N) is 2. The van der Waals surface area contributed by atoms with Crippen LogP contribution in [0.5, 0.6) is 0 Å². The molecule has 0 bridgehead atoms. The van der Waals surface area contributed by atoms with Crippen LogP contribution < -0.4 is 0 Å². The Morgan fingerprint density at radius 1 is 1.07 bits per heavy atom. The highest BCUT2D eigenvalue weighted by Gasteiger charge is 2.45. The third-order valence-corrected chi connectivity index (χ3v) is 8.80. The van der Waals surface area contributed by atoms with Crippen LogP contribution in [-0.4, -0.2) is 130 Å². The number of likely N-dealkylation sites (N-methyl/N-ethyl adjacent to an activating group) is 2. The van der Waals surface area contributed by atoms with Crippen LogP contribution >= 0.6 is 0 Å². The largest absolute Gasteiger partial charge is 0.436 e. The van der Waals surface area contributed by atoms with Crippen molar-refractivity contribution in [2.24, 2.45) is 17.8 Å². The molecule has 0 aliphatic carbocycles. The third kappa shape index (κ3) is 11.0. The van der Waals surface area contributed by atoms with Gasteiger partial charge in [0.1, 0.15) is 0 Å². The third-order valence-electron chi connectivity index (χ3n) is 8.80. The van der Waals surface area contributed by atoms with E-state index < -0.39 is 66.5 Å². The number of hydrogen-bond donors (Lipinski definition) is 5. The van der Waals surface area contributed by atoms with Crippen LogP contribution in [0.3, 0.4) is 0 Å². The first-order chi connectivity index (χ1) is 18.9. The van der Waals surface area contributed by atoms with E-state index in [4.69, 9.17) is 14.2 Å². The van der Waals surface area contributed by atoms with Crippen molar-refractivity contribution in [3.05, 3.63) is 0 Å². The fourth-order valence-corrected chi connectivity index (χ4v) is 5.89. The molecule has 1 saturated heterocycles. The second-order valence-electron chi connectivity index (χ2n) is 12.8. The maximum atomic E-state index is 13.0. The minimum atomic E-state index is -1.52. The number of carbonyl (C=O) groups is 1. The summed E-state index contributed by atoms with van der Waals surface area (Å²) in [4.78, 5) is 16.9. The number of hydrogen-bond acceptors (Lipinski definition) is 11. The van der Waals surface area contributed by atoms with Crippen molar-refractivity contribution in [3.63, 3.8) is 0 Å². The van der Waals surface area contributed by atoms with Gasteiger partial charge in [-0.3, -0.25) is 4.79 Å². The van der Waals surface area contributed by atoms with E-state index in [9.17, 15) is 30.3 Å². The molecular formula is C30H60N2O9. The van der Waals surface area contributed by atoms with Gasteiger partial charge in [-0.1, -0.05) is 27.7 Å². The van der Waals surface area contributed by atoms with Gasteiger partial charge in [0.15, 0.2) is 12.6 Å². The molecule has 5 N–H and O–H groups in total. The molecule has 1 fully saturated rings. The first kappa shape index (κ1) is 38.1. The van der Waals surface area contributed by atoms with Crippen molar-refractivity contribution in [2.75, 3.05) is 27.7 Å². The Hall–Kier alpha value is -0.890. The average Bonchev–Trinajstić information content (AvgIpc) is 2.90. The molecular weight excluding hydrogens is 532 g/mol. The van der Waals surface area contributed by atoms with Crippen molar-refractivity contribution < 1.29 is 44.5 Å². The van der Waals surface area contributed by atoms with E-state index in [1.807, 2.05) is 51.7 Å². The molecule has 1 aliphatic heterocycles. The zero-order valence-corrected chi connectivity index (χ0v) is 27.2. The molecule has 11 nitrogen and oxygen atoms in total. The van der Waals surface area contributed by atoms with E-state index >= 15 is 0 Å². The second-order valence-corrected chi connectivity index (χ2v) is 12.8. The van der Waals surface area contributed by atoms with Gasteiger partial charge in [0.2, 0.25) is 0 Å². The maximum Gasteiger partial charge on any atom is 0.313 e. The van der Waals surface area contributed by atoms with Crippen LogP contribution in [0.15, 0.2) is 0 Å². The number of aliphatic hydroxyl groups excluding tert-OH is 4. The zero-order valence-electron chi connectivity index (χ0n) is 27.2. The van der Waals surface area contributed by atoms with Crippen LogP contribution in [-0.2, 0) is 19.0 Å². The van der Waals surface area contributed by atoms with Crippen LogP contribution in [0.2, 0.25) is 0 Å². The molecule has 1 heterocycles. The maximum absolute atomic E-state index is 13.0. The van der Waals surface area contributed by atoms with Crippen molar-refractivity contribution in [1.82, 2.24) is 9.80 Å². The predicted octanol–water partition coefficient (Wildman–Crippen LogP) is 1.57. The molecule has 1 aliphatic rings. The van der Waals surface area contributed by atoms with Gasteiger partial charge < -0.3 is 49.5 Å². The van der Waals surface area contributed by atoms with Gasteiger partial charge in [0.05, 0.1) is 42.0 Å². The molecule has 0 amide bonds. The lowest BCUT2D eigenvalue weighted by atomic mass is 9.78. The second kappa shape index (κ2) is 16.8. The Bertz CT molecular complexity index is 770. The highest BCUT2D eigenvalue weighted by molar-refractivity contribution is 5.72. The molecule has 11 heteroatoms. The smallest absolute Gasteiger partial charge is 0.313 e. The molecule has 0 saturated carbocycles. The molecule has 0 spiro atoms. The van der Waals surface area contributed by atoms with Crippen molar-refractivity contribution in [1.29, 1.82) is 0 Å². The highest BCUT2D eigenvalue weighted by Crippen LogP contribution is 2.34. The van der Waals surface area contributed by atoms with Gasteiger partial charge in [0.25, 0.3) is 0 Å². The number of aliphatic hydroxyl groups is 5. The van der Waals surface area contributed by atoms with Crippen LogP contribution in [0.4, 0.5) is 0 Å². The molecule has 13 atom stereocenters. The molecule has 0 aromatic rings. The lowest BCUT2D eigenvalue weighted by Crippen LogP contribution is -2.56. The van der Waals surface area contributed by atoms with Crippen molar-refractivity contribution in [3.8, 4) is 0 Å². The average molecular weight is 593 g/mol. The fraction of sp³-hybridized carbons (Fsp3) is 0.967. The Labute approximate surface area is 247 Å². The number of esters is 1. The molecule has 0 aromatic carbocycles. The Balaban J connectivity index is 3.15. The van der Waals surface area contributed by atoms with Gasteiger partial charge in [-0.15, -0.1) is 0 Å². The van der Waals surface area contributed by atoms with E-state index in [0.717, 1.165) is 0 Å². The summed E-state index contributed by atoms with van der Waals surface area (Å²) in [5.41, 5.74) is -1.52. The lowest BCUT2D eigenvalue weighted by Gasteiger charge is -2.44. The van der Waals surface area contributed by atoms with E-state index in [1.54, 1.807) is 34.6 Å². The quantitative estimate of drug-likeness (QED) is 0.124. The minimum Gasteiger partial charge on any atom is -0.436 e. The number of ether oxygens (including phenoxy) is 3.